The third-order valence-corrected chi connectivity index (χ3v) is 1.65. The molecule has 0 radical (unpaired) electrons. The van der Waals surface area contributed by atoms with Crippen molar-refractivity contribution >= 4 is 11.9 Å². The van der Waals surface area contributed by atoms with Gasteiger partial charge < -0.3 is 11.1 Å². The summed E-state index contributed by atoms with van der Waals surface area (Å²) >= 11 is 0. The van der Waals surface area contributed by atoms with E-state index >= 15 is 0 Å². The average molecular weight is 205 g/mol. The van der Waals surface area contributed by atoms with Gasteiger partial charge in [0.15, 0.2) is 0 Å². The number of nitrogens with zero attached hydrogens (tertiary/aromatic N) is 3. The third-order valence-electron chi connectivity index (χ3n) is 1.65. The predicted octanol–water partition coefficient (Wildman–Crippen LogP) is 0.0257. The maximum absolute atomic E-state index is 10.4. The minimum atomic E-state index is -0.330. The molecule has 1 heterocycles. The number of nitrogens with two attached hydrogens (primary N) is 1. The summed E-state index contributed by atoms with van der Waals surface area (Å²) < 4.78 is 0. The van der Waals surface area contributed by atoms with E-state index in [0.717, 1.165) is 0 Å². The van der Waals surface area contributed by atoms with E-state index in [1.807, 2.05) is 6.07 Å². The molecule has 78 valence electrons. The number of amides is 1. The fourth-order valence-corrected chi connectivity index (χ4v) is 0.969. The molecule has 6 nitrogen and oxygen atoms in total. The van der Waals surface area contributed by atoms with Crippen LogP contribution in [0.4, 0.5) is 5.95 Å². The fraction of sp³-hybridized carbons (Fsp3) is 0.333. The van der Waals surface area contributed by atoms with Gasteiger partial charge in [-0.2, -0.15) is 5.26 Å². The SMILES string of the molecule is N#Cc1ccnc(NCCCC(N)=O)n1. The van der Waals surface area contributed by atoms with Gasteiger partial charge in [0, 0.05) is 19.2 Å². The Bertz CT molecular complexity index is 384. The summed E-state index contributed by atoms with van der Waals surface area (Å²) in [6, 6.07) is 3.43. The van der Waals surface area contributed by atoms with E-state index < -0.39 is 0 Å². The molecule has 1 aromatic rings. The van der Waals surface area contributed by atoms with Gasteiger partial charge in [-0.05, 0) is 12.5 Å². The highest BCUT2D eigenvalue weighted by atomic mass is 16.1. The van der Waals surface area contributed by atoms with Crippen molar-refractivity contribution in [2.24, 2.45) is 5.73 Å². The van der Waals surface area contributed by atoms with Crippen molar-refractivity contribution in [1.29, 1.82) is 5.26 Å². The van der Waals surface area contributed by atoms with Crippen LogP contribution in [0.2, 0.25) is 0 Å². The Morgan fingerprint density at radius 1 is 1.67 bits per heavy atom. The molecule has 0 bridgehead atoms. The molecule has 0 aliphatic carbocycles. The van der Waals surface area contributed by atoms with Gasteiger partial charge in [-0.3, -0.25) is 4.79 Å². The number of hydrogen-bond donors (Lipinski definition) is 2. The highest BCUT2D eigenvalue weighted by molar-refractivity contribution is 5.73. The van der Waals surface area contributed by atoms with E-state index in [1.54, 1.807) is 0 Å². The molecule has 3 N–H and O–H groups in total. The second-order valence-electron chi connectivity index (χ2n) is 2.87. The third kappa shape index (κ3) is 4.04. The van der Waals surface area contributed by atoms with Crippen LogP contribution in [0, 0.1) is 11.3 Å². The topological polar surface area (TPSA) is 105 Å². The number of anilines is 1. The molecule has 1 aromatic heterocycles. The van der Waals surface area contributed by atoms with Crippen LogP contribution in [0.5, 0.6) is 0 Å². The number of hydrogen-bond acceptors (Lipinski definition) is 5. The monoisotopic (exact) mass is 205 g/mol. The Balaban J connectivity index is 2.38. The number of aromatic nitrogens is 2. The molecule has 15 heavy (non-hydrogen) atoms. The quantitative estimate of drug-likeness (QED) is 0.659. The van der Waals surface area contributed by atoms with Gasteiger partial charge in [0.25, 0.3) is 0 Å². The summed E-state index contributed by atoms with van der Waals surface area (Å²) in [5.41, 5.74) is 5.28. The zero-order chi connectivity index (χ0) is 11.1. The normalized spacial score (nSPS) is 9.27. The first kappa shape index (κ1) is 10.9. The van der Waals surface area contributed by atoms with Gasteiger partial charge in [-0.1, -0.05) is 0 Å². The van der Waals surface area contributed by atoms with E-state index in [1.165, 1.54) is 12.3 Å². The van der Waals surface area contributed by atoms with Crippen LogP contribution in [0.25, 0.3) is 0 Å². The molecule has 0 saturated carbocycles. The Kier molecular flexibility index (Phi) is 4.04. The van der Waals surface area contributed by atoms with Gasteiger partial charge in [0.1, 0.15) is 11.8 Å². The average Bonchev–Trinajstić information content (AvgIpc) is 2.24. The second-order valence-corrected chi connectivity index (χ2v) is 2.87. The van der Waals surface area contributed by atoms with E-state index in [2.05, 4.69) is 15.3 Å². The highest BCUT2D eigenvalue weighted by Gasteiger charge is 1.98. The highest BCUT2D eigenvalue weighted by Crippen LogP contribution is 1.99. The molecule has 1 amide bonds. The van der Waals surface area contributed by atoms with Gasteiger partial charge in [-0.25, -0.2) is 9.97 Å². The van der Waals surface area contributed by atoms with E-state index in [-0.39, 0.29) is 5.91 Å². The summed E-state index contributed by atoms with van der Waals surface area (Å²) in [5.74, 6) is 0.0574. The summed E-state index contributed by atoms with van der Waals surface area (Å²) in [6.07, 6.45) is 2.45. The first-order valence-corrected chi connectivity index (χ1v) is 4.47. The largest absolute Gasteiger partial charge is 0.370 e. The molecule has 0 aliphatic rings. The number of carbonyl (C=O) groups is 1. The van der Waals surface area contributed by atoms with Crippen molar-refractivity contribution in [2.75, 3.05) is 11.9 Å². The molecule has 0 spiro atoms. The van der Waals surface area contributed by atoms with Crippen LogP contribution < -0.4 is 11.1 Å². The lowest BCUT2D eigenvalue weighted by Gasteiger charge is -2.02. The molecule has 1 rings (SSSR count). The zero-order valence-electron chi connectivity index (χ0n) is 8.10. The van der Waals surface area contributed by atoms with Crippen LogP contribution in [-0.2, 0) is 4.79 Å². The number of rotatable bonds is 5. The van der Waals surface area contributed by atoms with Gasteiger partial charge >= 0.3 is 0 Å². The first-order chi connectivity index (χ1) is 7.22. The summed E-state index contributed by atoms with van der Waals surface area (Å²) in [4.78, 5) is 18.3. The van der Waals surface area contributed by atoms with Crippen LogP contribution >= 0.6 is 0 Å². The number of primary amides is 1. The molecule has 0 saturated heterocycles. The predicted molar refractivity (Wildman–Crippen MR) is 53.7 cm³/mol. The Hall–Kier alpha value is -2.16. The van der Waals surface area contributed by atoms with Crippen LogP contribution in [-0.4, -0.2) is 22.4 Å². The maximum Gasteiger partial charge on any atom is 0.223 e. The van der Waals surface area contributed by atoms with Gasteiger partial charge in [0.05, 0.1) is 0 Å². The molecule has 0 unspecified atom stereocenters. The van der Waals surface area contributed by atoms with Crippen molar-refractivity contribution in [3.8, 4) is 6.07 Å². The van der Waals surface area contributed by atoms with Gasteiger partial charge in [-0.15, -0.1) is 0 Å². The second kappa shape index (κ2) is 5.54. The van der Waals surface area contributed by atoms with Crippen LogP contribution in [0.1, 0.15) is 18.5 Å². The minimum Gasteiger partial charge on any atom is -0.370 e. The summed E-state index contributed by atoms with van der Waals surface area (Å²) in [5, 5.41) is 11.5. The Morgan fingerprint density at radius 3 is 3.13 bits per heavy atom. The van der Waals surface area contributed by atoms with Crippen molar-refractivity contribution in [1.82, 2.24) is 9.97 Å². The Labute approximate surface area is 87.1 Å². The van der Waals surface area contributed by atoms with E-state index in [9.17, 15) is 4.79 Å². The van der Waals surface area contributed by atoms with Gasteiger partial charge in [0.2, 0.25) is 11.9 Å². The summed E-state index contributed by atoms with van der Waals surface area (Å²) in [7, 11) is 0. The Morgan fingerprint density at radius 2 is 2.47 bits per heavy atom. The number of nitriles is 1. The molecule has 0 fully saturated rings. The molecular formula is C9H11N5O. The molecule has 0 aliphatic heterocycles. The van der Waals surface area contributed by atoms with Crippen molar-refractivity contribution in [3.05, 3.63) is 18.0 Å². The lowest BCUT2D eigenvalue weighted by molar-refractivity contribution is -0.118. The summed E-state index contributed by atoms with van der Waals surface area (Å²) in [6.45, 7) is 0.553. The van der Waals surface area contributed by atoms with Crippen molar-refractivity contribution in [3.63, 3.8) is 0 Å². The zero-order valence-corrected chi connectivity index (χ0v) is 8.10. The fourth-order valence-electron chi connectivity index (χ4n) is 0.969. The van der Waals surface area contributed by atoms with E-state index in [4.69, 9.17) is 11.0 Å². The minimum absolute atomic E-state index is 0.308. The number of nitrogens with one attached hydrogen (secondary N) is 1. The van der Waals surface area contributed by atoms with Crippen molar-refractivity contribution in [2.45, 2.75) is 12.8 Å². The molecule has 6 heteroatoms. The lowest BCUT2D eigenvalue weighted by Crippen LogP contribution is -2.13. The van der Waals surface area contributed by atoms with E-state index in [0.29, 0.717) is 31.0 Å². The lowest BCUT2D eigenvalue weighted by atomic mass is 10.3. The first-order valence-electron chi connectivity index (χ1n) is 4.47. The smallest absolute Gasteiger partial charge is 0.223 e. The molecule has 0 aromatic carbocycles. The van der Waals surface area contributed by atoms with Crippen molar-refractivity contribution < 1.29 is 4.79 Å². The van der Waals surface area contributed by atoms with Crippen LogP contribution in [0.15, 0.2) is 12.3 Å². The maximum atomic E-state index is 10.4. The molecule has 0 atom stereocenters. The van der Waals surface area contributed by atoms with Crippen LogP contribution in [0.3, 0.4) is 0 Å². The standard InChI is InChI=1S/C9H11N5O/c10-6-7-3-5-13-9(14-7)12-4-1-2-8(11)15/h3,5H,1-2,4H2,(H2,11,15)(H,12,13,14). The number of carbonyl (C=O) groups excluding carboxylic acids is 1. The molecular weight excluding hydrogens is 194 g/mol.